The average molecular weight is 291 g/mol. The van der Waals surface area contributed by atoms with Crippen LogP contribution in [0.25, 0.3) is 0 Å². The molecule has 2 amide bonds. The first kappa shape index (κ1) is 13.9. The number of rotatable bonds is 5. The maximum Gasteiger partial charge on any atom is 0.233 e. The normalized spacial score (nSPS) is 24.8. The fourth-order valence-electron chi connectivity index (χ4n) is 2.77. The number of likely N-dealkylation sites (tertiary alicyclic amines) is 1. The zero-order chi connectivity index (χ0) is 15.1. The summed E-state index contributed by atoms with van der Waals surface area (Å²) in [5.74, 6) is 0.443. The molecule has 1 aliphatic carbocycles. The summed E-state index contributed by atoms with van der Waals surface area (Å²) in [7, 11) is 3.04. The SMILES string of the molecule is COc1ccc(C(O)CN2C(=O)C3CC3C2=O)cc1OC. The van der Waals surface area contributed by atoms with E-state index >= 15 is 0 Å². The number of benzene rings is 1. The lowest BCUT2D eigenvalue weighted by Gasteiger charge is -2.21. The largest absolute Gasteiger partial charge is 0.493 e. The number of amides is 2. The van der Waals surface area contributed by atoms with Crippen LogP contribution in [-0.4, -0.2) is 42.6 Å². The standard InChI is InChI=1S/C15H17NO5/c1-20-12-4-3-8(5-13(12)21-2)11(17)7-16-14(18)9-6-10(9)15(16)19/h3-5,9-11,17H,6-7H2,1-2H3. The van der Waals surface area contributed by atoms with Crippen LogP contribution in [0.1, 0.15) is 18.1 Å². The van der Waals surface area contributed by atoms with Crippen molar-refractivity contribution in [3.8, 4) is 11.5 Å². The van der Waals surface area contributed by atoms with Crippen LogP contribution in [0.4, 0.5) is 0 Å². The second kappa shape index (κ2) is 5.04. The van der Waals surface area contributed by atoms with Gasteiger partial charge in [0.25, 0.3) is 0 Å². The molecule has 1 aromatic carbocycles. The molecule has 3 atom stereocenters. The number of ether oxygens (including phenoxy) is 2. The van der Waals surface area contributed by atoms with Gasteiger partial charge in [0.15, 0.2) is 11.5 Å². The first-order valence-electron chi connectivity index (χ1n) is 6.82. The number of hydrogen-bond acceptors (Lipinski definition) is 5. The summed E-state index contributed by atoms with van der Waals surface area (Å²) in [4.78, 5) is 25.0. The monoisotopic (exact) mass is 291 g/mol. The fourth-order valence-corrected chi connectivity index (χ4v) is 2.77. The minimum atomic E-state index is -0.935. The van der Waals surface area contributed by atoms with E-state index in [4.69, 9.17) is 9.47 Å². The van der Waals surface area contributed by atoms with Crippen LogP contribution in [-0.2, 0) is 9.59 Å². The smallest absolute Gasteiger partial charge is 0.233 e. The van der Waals surface area contributed by atoms with Crippen molar-refractivity contribution >= 4 is 11.8 Å². The number of carbonyl (C=O) groups is 2. The summed E-state index contributed by atoms with van der Waals surface area (Å²) < 4.78 is 10.3. The molecule has 112 valence electrons. The molecule has 1 aromatic rings. The maximum atomic E-state index is 11.9. The number of carbonyl (C=O) groups excluding carboxylic acids is 2. The fraction of sp³-hybridized carbons (Fsp3) is 0.467. The predicted octanol–water partition coefficient (Wildman–Crippen LogP) is 0.742. The lowest BCUT2D eigenvalue weighted by atomic mass is 10.1. The lowest BCUT2D eigenvalue weighted by Crippen LogP contribution is -2.36. The first-order valence-corrected chi connectivity index (χ1v) is 6.82. The highest BCUT2D eigenvalue weighted by Crippen LogP contribution is 2.47. The zero-order valence-corrected chi connectivity index (χ0v) is 11.9. The Hall–Kier alpha value is -2.08. The van der Waals surface area contributed by atoms with Crippen LogP contribution in [0.3, 0.4) is 0 Å². The molecule has 2 fully saturated rings. The molecule has 0 spiro atoms. The molecule has 0 radical (unpaired) electrons. The Balaban J connectivity index is 1.75. The molecule has 3 unspecified atom stereocenters. The first-order chi connectivity index (χ1) is 10.1. The number of imide groups is 1. The average Bonchev–Trinajstić information content (AvgIpc) is 3.26. The third-order valence-corrected chi connectivity index (χ3v) is 4.10. The van der Waals surface area contributed by atoms with Gasteiger partial charge in [0.2, 0.25) is 11.8 Å². The number of aliphatic hydroxyl groups is 1. The quantitative estimate of drug-likeness (QED) is 0.810. The van der Waals surface area contributed by atoms with Gasteiger partial charge in [-0.3, -0.25) is 14.5 Å². The number of aliphatic hydroxyl groups excluding tert-OH is 1. The molecule has 1 heterocycles. The van der Waals surface area contributed by atoms with E-state index in [1.54, 1.807) is 18.2 Å². The van der Waals surface area contributed by atoms with Crippen LogP contribution in [0.5, 0.6) is 11.5 Å². The Kier molecular flexibility index (Phi) is 3.33. The van der Waals surface area contributed by atoms with Crippen molar-refractivity contribution < 1.29 is 24.2 Å². The Labute approximate surface area is 122 Å². The molecule has 1 N–H and O–H groups in total. The molecular weight excluding hydrogens is 274 g/mol. The molecule has 6 heteroatoms. The van der Waals surface area contributed by atoms with Gasteiger partial charge in [-0.25, -0.2) is 0 Å². The summed E-state index contributed by atoms with van der Waals surface area (Å²) in [5, 5.41) is 10.3. The number of piperidine rings is 1. The van der Waals surface area contributed by atoms with E-state index in [-0.39, 0.29) is 30.2 Å². The van der Waals surface area contributed by atoms with Gasteiger partial charge in [0, 0.05) is 0 Å². The highest BCUT2D eigenvalue weighted by atomic mass is 16.5. The van der Waals surface area contributed by atoms with Gasteiger partial charge >= 0.3 is 0 Å². The van der Waals surface area contributed by atoms with Gasteiger partial charge in [-0.1, -0.05) is 6.07 Å². The predicted molar refractivity (Wildman–Crippen MR) is 72.8 cm³/mol. The number of hydrogen-bond donors (Lipinski definition) is 1. The van der Waals surface area contributed by atoms with E-state index in [0.29, 0.717) is 23.5 Å². The minimum absolute atomic E-state index is 0.0137. The number of fused-ring (bicyclic) bond motifs is 1. The van der Waals surface area contributed by atoms with E-state index in [9.17, 15) is 14.7 Å². The Morgan fingerprint density at radius 3 is 2.38 bits per heavy atom. The van der Waals surface area contributed by atoms with Gasteiger partial charge < -0.3 is 14.6 Å². The molecule has 1 saturated heterocycles. The Bertz CT molecular complexity index is 580. The third-order valence-electron chi connectivity index (χ3n) is 4.10. The molecule has 0 aromatic heterocycles. The highest BCUT2D eigenvalue weighted by molar-refractivity contribution is 6.08. The Morgan fingerprint density at radius 2 is 1.81 bits per heavy atom. The van der Waals surface area contributed by atoms with Crippen molar-refractivity contribution in [2.45, 2.75) is 12.5 Å². The van der Waals surface area contributed by atoms with E-state index in [2.05, 4.69) is 0 Å². The summed E-state index contributed by atoms with van der Waals surface area (Å²) in [6.45, 7) is -0.0137. The van der Waals surface area contributed by atoms with Crippen molar-refractivity contribution in [2.75, 3.05) is 20.8 Å². The number of nitrogens with zero attached hydrogens (tertiary/aromatic N) is 1. The van der Waals surface area contributed by atoms with Crippen molar-refractivity contribution in [3.63, 3.8) is 0 Å². The van der Waals surface area contributed by atoms with Gasteiger partial charge in [0.1, 0.15) is 0 Å². The number of methoxy groups -OCH3 is 2. The van der Waals surface area contributed by atoms with Gasteiger partial charge in [-0.2, -0.15) is 0 Å². The lowest BCUT2D eigenvalue weighted by molar-refractivity contribution is -0.143. The van der Waals surface area contributed by atoms with E-state index in [1.807, 2.05) is 0 Å². The third kappa shape index (κ3) is 2.25. The summed E-state index contributed by atoms with van der Waals surface area (Å²) in [5.41, 5.74) is 0.578. The van der Waals surface area contributed by atoms with Crippen molar-refractivity contribution in [1.82, 2.24) is 4.90 Å². The highest BCUT2D eigenvalue weighted by Gasteiger charge is 2.58. The van der Waals surface area contributed by atoms with Crippen molar-refractivity contribution in [3.05, 3.63) is 23.8 Å². The molecule has 21 heavy (non-hydrogen) atoms. The van der Waals surface area contributed by atoms with Gasteiger partial charge in [-0.05, 0) is 24.1 Å². The van der Waals surface area contributed by atoms with Crippen LogP contribution >= 0.6 is 0 Å². The van der Waals surface area contributed by atoms with Crippen LogP contribution in [0.2, 0.25) is 0 Å². The molecule has 2 aliphatic rings. The molecule has 1 aliphatic heterocycles. The number of β-amino-alcohol motifs (C(OH)–C–C–N with tert-alkyl or cyclic N) is 1. The zero-order valence-electron chi connectivity index (χ0n) is 11.9. The molecule has 3 rings (SSSR count). The van der Waals surface area contributed by atoms with Crippen molar-refractivity contribution in [2.24, 2.45) is 11.8 Å². The summed E-state index contributed by atoms with van der Waals surface area (Å²) >= 11 is 0. The van der Waals surface area contributed by atoms with Crippen LogP contribution in [0, 0.1) is 11.8 Å². The topological polar surface area (TPSA) is 76.1 Å². The van der Waals surface area contributed by atoms with Gasteiger partial charge in [-0.15, -0.1) is 0 Å². The van der Waals surface area contributed by atoms with E-state index in [0.717, 1.165) is 0 Å². The molecular formula is C15H17NO5. The van der Waals surface area contributed by atoms with E-state index in [1.165, 1.54) is 19.1 Å². The van der Waals surface area contributed by atoms with E-state index < -0.39 is 6.10 Å². The van der Waals surface area contributed by atoms with Crippen LogP contribution in [0.15, 0.2) is 18.2 Å². The molecule has 1 saturated carbocycles. The van der Waals surface area contributed by atoms with Crippen LogP contribution < -0.4 is 9.47 Å². The summed E-state index contributed by atoms with van der Waals surface area (Å²) in [6, 6.07) is 5.02. The van der Waals surface area contributed by atoms with Crippen molar-refractivity contribution in [1.29, 1.82) is 0 Å². The molecule has 0 bridgehead atoms. The second-order valence-corrected chi connectivity index (χ2v) is 5.37. The second-order valence-electron chi connectivity index (χ2n) is 5.37. The summed E-state index contributed by atoms with van der Waals surface area (Å²) in [6.07, 6.45) is -0.268. The minimum Gasteiger partial charge on any atom is -0.493 e. The maximum absolute atomic E-state index is 11.9. The Morgan fingerprint density at radius 1 is 1.19 bits per heavy atom. The molecule has 6 nitrogen and oxygen atoms in total. The van der Waals surface area contributed by atoms with Gasteiger partial charge in [0.05, 0.1) is 38.7 Å².